The molecular weight excluding hydrogens is 226 g/mol. The molecule has 1 unspecified atom stereocenters. The Balaban J connectivity index is 2.19. The van der Waals surface area contributed by atoms with Gasteiger partial charge in [-0.15, -0.1) is 0 Å². The number of rotatable bonds is 5. The quantitative estimate of drug-likeness (QED) is 0.625. The van der Waals surface area contributed by atoms with E-state index >= 15 is 0 Å². The normalized spacial score (nSPS) is 12.4. The van der Waals surface area contributed by atoms with Crippen molar-refractivity contribution in [3.63, 3.8) is 0 Å². The van der Waals surface area contributed by atoms with Crippen LogP contribution in [0.5, 0.6) is 0 Å². The zero-order valence-electron chi connectivity index (χ0n) is 10.8. The van der Waals surface area contributed by atoms with E-state index in [0.29, 0.717) is 0 Å². The Morgan fingerprint density at radius 3 is 2.72 bits per heavy atom. The van der Waals surface area contributed by atoms with Crippen LogP contribution in [0.3, 0.4) is 0 Å². The van der Waals surface area contributed by atoms with Gasteiger partial charge in [-0.1, -0.05) is 12.1 Å². The molecule has 0 spiro atoms. The third kappa shape index (κ3) is 2.91. The SMILES string of the molecule is CN(C)c1cccc(C(Cc2ccco2)NN)c1. The topological polar surface area (TPSA) is 54.4 Å². The number of furan rings is 1. The Hall–Kier alpha value is -1.78. The van der Waals surface area contributed by atoms with E-state index in [9.17, 15) is 0 Å². The lowest BCUT2D eigenvalue weighted by atomic mass is 10.0. The first-order chi connectivity index (χ1) is 8.70. The minimum absolute atomic E-state index is 0.0519. The van der Waals surface area contributed by atoms with Gasteiger partial charge in [-0.2, -0.15) is 0 Å². The zero-order valence-corrected chi connectivity index (χ0v) is 10.8. The Morgan fingerprint density at radius 1 is 1.28 bits per heavy atom. The number of hydrogen-bond donors (Lipinski definition) is 2. The Labute approximate surface area is 107 Å². The average Bonchev–Trinajstić information content (AvgIpc) is 2.89. The van der Waals surface area contributed by atoms with Crippen molar-refractivity contribution in [2.75, 3.05) is 19.0 Å². The van der Waals surface area contributed by atoms with Crippen LogP contribution in [0, 0.1) is 0 Å². The summed E-state index contributed by atoms with van der Waals surface area (Å²) in [7, 11) is 4.05. The molecule has 0 fully saturated rings. The van der Waals surface area contributed by atoms with Crippen LogP contribution in [0.4, 0.5) is 5.69 Å². The molecule has 4 heteroatoms. The van der Waals surface area contributed by atoms with Crippen LogP contribution in [0.15, 0.2) is 47.1 Å². The van der Waals surface area contributed by atoms with Gasteiger partial charge in [0.2, 0.25) is 0 Å². The summed E-state index contributed by atoms with van der Waals surface area (Å²) in [4.78, 5) is 2.07. The summed E-state index contributed by atoms with van der Waals surface area (Å²) in [6, 6.07) is 12.2. The van der Waals surface area contributed by atoms with E-state index in [1.165, 1.54) is 0 Å². The summed E-state index contributed by atoms with van der Waals surface area (Å²) in [5, 5.41) is 0. The number of nitrogens with one attached hydrogen (secondary N) is 1. The summed E-state index contributed by atoms with van der Waals surface area (Å²) >= 11 is 0. The number of nitrogens with two attached hydrogens (primary N) is 1. The smallest absolute Gasteiger partial charge is 0.105 e. The largest absolute Gasteiger partial charge is 0.469 e. The van der Waals surface area contributed by atoms with Gasteiger partial charge in [0, 0.05) is 26.2 Å². The molecule has 0 saturated heterocycles. The minimum atomic E-state index is 0.0519. The van der Waals surface area contributed by atoms with Crippen molar-refractivity contribution in [3.05, 3.63) is 54.0 Å². The average molecular weight is 245 g/mol. The molecule has 3 N–H and O–H groups in total. The lowest BCUT2D eigenvalue weighted by Crippen LogP contribution is -2.29. The van der Waals surface area contributed by atoms with Crippen molar-refractivity contribution in [1.82, 2.24) is 5.43 Å². The van der Waals surface area contributed by atoms with Gasteiger partial charge < -0.3 is 9.32 Å². The van der Waals surface area contributed by atoms with E-state index < -0.39 is 0 Å². The second kappa shape index (κ2) is 5.71. The van der Waals surface area contributed by atoms with Crippen LogP contribution in [0.25, 0.3) is 0 Å². The fourth-order valence-corrected chi connectivity index (χ4v) is 1.92. The predicted octanol–water partition coefficient (Wildman–Crippen LogP) is 2.09. The van der Waals surface area contributed by atoms with Crippen molar-refractivity contribution in [1.29, 1.82) is 0 Å². The molecule has 4 nitrogen and oxygen atoms in total. The summed E-state index contributed by atoms with van der Waals surface area (Å²) < 4.78 is 5.36. The van der Waals surface area contributed by atoms with Gasteiger partial charge in [-0.3, -0.25) is 11.3 Å². The highest BCUT2D eigenvalue weighted by Crippen LogP contribution is 2.22. The third-order valence-corrected chi connectivity index (χ3v) is 2.98. The van der Waals surface area contributed by atoms with Gasteiger partial charge in [0.15, 0.2) is 0 Å². The first-order valence-electron chi connectivity index (χ1n) is 5.96. The third-order valence-electron chi connectivity index (χ3n) is 2.98. The van der Waals surface area contributed by atoms with Crippen LogP contribution in [0.2, 0.25) is 0 Å². The van der Waals surface area contributed by atoms with E-state index in [-0.39, 0.29) is 6.04 Å². The molecule has 0 amide bonds. The van der Waals surface area contributed by atoms with Gasteiger partial charge in [0.1, 0.15) is 5.76 Å². The second-order valence-corrected chi connectivity index (χ2v) is 4.49. The molecule has 1 heterocycles. The van der Waals surface area contributed by atoms with Crippen molar-refractivity contribution >= 4 is 5.69 Å². The minimum Gasteiger partial charge on any atom is -0.469 e. The molecule has 0 bridgehead atoms. The fraction of sp³-hybridized carbons (Fsp3) is 0.286. The number of hydrazine groups is 1. The van der Waals surface area contributed by atoms with Crippen molar-refractivity contribution < 1.29 is 4.42 Å². The molecule has 1 atom stereocenters. The number of nitrogens with zero attached hydrogens (tertiary/aromatic N) is 1. The molecule has 2 aromatic rings. The summed E-state index contributed by atoms with van der Waals surface area (Å²) in [5.74, 6) is 6.57. The maximum atomic E-state index is 5.64. The van der Waals surface area contributed by atoms with E-state index in [4.69, 9.17) is 10.3 Å². The van der Waals surface area contributed by atoms with Gasteiger partial charge in [0.25, 0.3) is 0 Å². The number of hydrogen-bond acceptors (Lipinski definition) is 4. The van der Waals surface area contributed by atoms with E-state index in [2.05, 4.69) is 28.5 Å². The Bertz CT molecular complexity index is 480. The number of benzene rings is 1. The Morgan fingerprint density at radius 2 is 2.11 bits per heavy atom. The van der Waals surface area contributed by atoms with Crippen molar-refractivity contribution in [2.45, 2.75) is 12.5 Å². The Kier molecular flexibility index (Phi) is 4.02. The van der Waals surface area contributed by atoms with Crippen LogP contribution in [-0.4, -0.2) is 14.1 Å². The summed E-state index contributed by atoms with van der Waals surface area (Å²) in [6.45, 7) is 0. The maximum Gasteiger partial charge on any atom is 0.105 e. The second-order valence-electron chi connectivity index (χ2n) is 4.49. The van der Waals surface area contributed by atoms with Crippen LogP contribution in [0.1, 0.15) is 17.4 Å². The lowest BCUT2D eigenvalue weighted by molar-refractivity contribution is 0.455. The standard InChI is InChI=1S/C14H19N3O/c1-17(2)12-6-3-5-11(9-12)14(16-15)10-13-7-4-8-18-13/h3-9,14,16H,10,15H2,1-2H3. The molecule has 18 heavy (non-hydrogen) atoms. The molecule has 0 radical (unpaired) electrons. The molecule has 1 aromatic heterocycles. The summed E-state index contributed by atoms with van der Waals surface area (Å²) in [5.41, 5.74) is 5.16. The molecule has 0 saturated carbocycles. The molecule has 96 valence electrons. The van der Waals surface area contributed by atoms with Gasteiger partial charge in [-0.25, -0.2) is 0 Å². The molecule has 1 aromatic carbocycles. The predicted molar refractivity (Wildman–Crippen MR) is 73.2 cm³/mol. The molecular formula is C14H19N3O. The van der Waals surface area contributed by atoms with E-state index in [1.54, 1.807) is 6.26 Å². The highest BCUT2D eigenvalue weighted by Gasteiger charge is 2.12. The first-order valence-corrected chi connectivity index (χ1v) is 5.96. The molecule has 0 aliphatic heterocycles. The molecule has 0 aliphatic rings. The maximum absolute atomic E-state index is 5.64. The number of anilines is 1. The summed E-state index contributed by atoms with van der Waals surface area (Å²) in [6.07, 6.45) is 2.42. The van der Waals surface area contributed by atoms with Crippen molar-refractivity contribution in [2.24, 2.45) is 5.84 Å². The van der Waals surface area contributed by atoms with Gasteiger partial charge in [-0.05, 0) is 29.8 Å². The molecule has 2 rings (SSSR count). The fourth-order valence-electron chi connectivity index (χ4n) is 1.92. The van der Waals surface area contributed by atoms with Crippen LogP contribution < -0.4 is 16.2 Å². The van der Waals surface area contributed by atoms with E-state index in [0.717, 1.165) is 23.4 Å². The van der Waals surface area contributed by atoms with Crippen molar-refractivity contribution in [3.8, 4) is 0 Å². The van der Waals surface area contributed by atoms with Crippen LogP contribution in [-0.2, 0) is 6.42 Å². The van der Waals surface area contributed by atoms with Gasteiger partial charge in [0.05, 0.1) is 12.3 Å². The zero-order chi connectivity index (χ0) is 13.0. The molecule has 0 aliphatic carbocycles. The monoisotopic (exact) mass is 245 g/mol. The van der Waals surface area contributed by atoms with E-state index in [1.807, 2.05) is 32.3 Å². The lowest BCUT2D eigenvalue weighted by Gasteiger charge is -2.18. The highest BCUT2D eigenvalue weighted by molar-refractivity contribution is 5.47. The highest BCUT2D eigenvalue weighted by atomic mass is 16.3. The van der Waals surface area contributed by atoms with Gasteiger partial charge >= 0.3 is 0 Å². The van der Waals surface area contributed by atoms with Crippen LogP contribution >= 0.6 is 0 Å². The first kappa shape index (κ1) is 12.7.